The lowest BCUT2D eigenvalue weighted by molar-refractivity contribution is -0.384. The van der Waals surface area contributed by atoms with E-state index in [1.54, 1.807) is 0 Å². The van der Waals surface area contributed by atoms with Crippen LogP contribution in [0.25, 0.3) is 0 Å². The summed E-state index contributed by atoms with van der Waals surface area (Å²) in [6.45, 7) is 2.26. The lowest BCUT2D eigenvalue weighted by atomic mass is 10.1. The average Bonchev–Trinajstić information content (AvgIpc) is 2.81. The highest BCUT2D eigenvalue weighted by Crippen LogP contribution is 2.34. The van der Waals surface area contributed by atoms with Crippen molar-refractivity contribution in [2.45, 2.75) is 19.8 Å². The summed E-state index contributed by atoms with van der Waals surface area (Å²) in [5.41, 5.74) is -0.465. The Labute approximate surface area is 130 Å². The zero-order chi connectivity index (χ0) is 15.7. The van der Waals surface area contributed by atoms with Gasteiger partial charge in [-0.15, -0.1) is 0 Å². The third-order valence-corrected chi connectivity index (χ3v) is 4.27. The smallest absolute Gasteiger partial charge is 0.278 e. The molecule has 0 radical (unpaired) electrons. The van der Waals surface area contributed by atoms with Gasteiger partial charge < -0.3 is 0 Å². The van der Waals surface area contributed by atoms with Gasteiger partial charge >= 0.3 is 0 Å². The summed E-state index contributed by atoms with van der Waals surface area (Å²) in [6.07, 6.45) is 1.10. The molecule has 21 heavy (non-hydrogen) atoms. The fourth-order valence-corrected chi connectivity index (χ4v) is 2.63. The van der Waals surface area contributed by atoms with Crippen LogP contribution in [0.15, 0.2) is 12.1 Å². The zero-order valence-corrected chi connectivity index (χ0v) is 12.6. The van der Waals surface area contributed by atoms with Gasteiger partial charge in [0.1, 0.15) is 5.02 Å². The second-order valence-electron chi connectivity index (χ2n) is 4.84. The monoisotopic (exact) mass is 330 g/mol. The topological polar surface area (TPSA) is 80.5 Å². The SMILES string of the molecule is CCC1CC(=O)N(C(=O)c2cc(Cl)c(Cl)c([N+](=O)[O-])c2)C1. The van der Waals surface area contributed by atoms with E-state index >= 15 is 0 Å². The predicted molar refractivity (Wildman–Crippen MR) is 77.6 cm³/mol. The van der Waals surface area contributed by atoms with Crippen LogP contribution in [0.1, 0.15) is 30.1 Å². The summed E-state index contributed by atoms with van der Waals surface area (Å²) in [7, 11) is 0. The van der Waals surface area contributed by atoms with Crippen LogP contribution < -0.4 is 0 Å². The number of nitro groups is 1. The van der Waals surface area contributed by atoms with Crippen LogP contribution in [-0.4, -0.2) is 28.2 Å². The quantitative estimate of drug-likeness (QED) is 0.483. The van der Waals surface area contributed by atoms with E-state index in [2.05, 4.69) is 0 Å². The first-order valence-corrected chi connectivity index (χ1v) is 7.08. The van der Waals surface area contributed by atoms with E-state index in [0.29, 0.717) is 13.0 Å². The molecular weight excluding hydrogens is 319 g/mol. The highest BCUT2D eigenvalue weighted by molar-refractivity contribution is 6.43. The molecule has 1 saturated heterocycles. The highest BCUT2D eigenvalue weighted by Gasteiger charge is 2.34. The van der Waals surface area contributed by atoms with Gasteiger partial charge in [0.2, 0.25) is 5.91 Å². The molecule has 0 saturated carbocycles. The summed E-state index contributed by atoms with van der Waals surface area (Å²) in [6, 6.07) is 2.29. The largest absolute Gasteiger partial charge is 0.290 e. The Morgan fingerprint density at radius 2 is 2.14 bits per heavy atom. The number of amides is 2. The highest BCUT2D eigenvalue weighted by atomic mass is 35.5. The normalized spacial score (nSPS) is 18.1. The van der Waals surface area contributed by atoms with Crippen molar-refractivity contribution in [3.8, 4) is 0 Å². The molecule has 1 atom stereocenters. The number of carbonyl (C=O) groups is 2. The summed E-state index contributed by atoms with van der Waals surface area (Å²) in [4.78, 5) is 35.5. The molecule has 1 aromatic rings. The summed E-state index contributed by atoms with van der Waals surface area (Å²) in [5, 5.41) is 10.6. The molecule has 6 nitrogen and oxygen atoms in total. The van der Waals surface area contributed by atoms with E-state index in [-0.39, 0.29) is 27.4 Å². The molecule has 112 valence electrons. The molecule has 0 N–H and O–H groups in total. The van der Waals surface area contributed by atoms with E-state index in [0.717, 1.165) is 17.4 Å². The fourth-order valence-electron chi connectivity index (χ4n) is 2.24. The first kappa shape index (κ1) is 15.7. The number of benzene rings is 1. The van der Waals surface area contributed by atoms with Crippen LogP contribution in [0.3, 0.4) is 0 Å². The maximum absolute atomic E-state index is 12.3. The minimum Gasteiger partial charge on any atom is -0.278 e. The fraction of sp³-hybridized carbons (Fsp3) is 0.385. The Bertz CT molecular complexity index is 633. The summed E-state index contributed by atoms with van der Waals surface area (Å²) < 4.78 is 0. The number of hydrogen-bond donors (Lipinski definition) is 0. The van der Waals surface area contributed by atoms with E-state index in [1.807, 2.05) is 6.92 Å². The molecule has 1 aromatic carbocycles. The van der Waals surface area contributed by atoms with Gasteiger partial charge in [-0.1, -0.05) is 36.5 Å². The molecule has 0 aromatic heterocycles. The van der Waals surface area contributed by atoms with Crippen molar-refractivity contribution in [3.63, 3.8) is 0 Å². The van der Waals surface area contributed by atoms with Crippen LogP contribution >= 0.6 is 23.2 Å². The van der Waals surface area contributed by atoms with Crippen LogP contribution in [0.5, 0.6) is 0 Å². The van der Waals surface area contributed by atoms with Gasteiger partial charge in [0, 0.05) is 24.6 Å². The van der Waals surface area contributed by atoms with Crippen molar-refractivity contribution in [2.24, 2.45) is 5.92 Å². The van der Waals surface area contributed by atoms with Crippen LogP contribution in [-0.2, 0) is 4.79 Å². The van der Waals surface area contributed by atoms with Gasteiger partial charge in [0.25, 0.3) is 11.6 Å². The number of nitro benzene ring substituents is 1. The second-order valence-corrected chi connectivity index (χ2v) is 5.62. The Hall–Kier alpha value is -1.66. The Kier molecular flexibility index (Phi) is 4.49. The third kappa shape index (κ3) is 3.01. The predicted octanol–water partition coefficient (Wildman–Crippen LogP) is 3.30. The Morgan fingerprint density at radius 1 is 1.48 bits per heavy atom. The second kappa shape index (κ2) is 5.99. The average molecular weight is 331 g/mol. The molecule has 1 unspecified atom stereocenters. The minimum absolute atomic E-state index is 0.0128. The van der Waals surface area contributed by atoms with Crippen molar-refractivity contribution in [2.75, 3.05) is 6.54 Å². The molecule has 0 bridgehead atoms. The van der Waals surface area contributed by atoms with Gasteiger partial charge in [-0.25, -0.2) is 0 Å². The summed E-state index contributed by atoms with van der Waals surface area (Å²) >= 11 is 11.5. The number of rotatable bonds is 3. The number of carbonyl (C=O) groups excluding carboxylic acids is 2. The molecule has 1 heterocycles. The van der Waals surface area contributed by atoms with Gasteiger partial charge in [0.05, 0.1) is 9.95 Å². The van der Waals surface area contributed by atoms with Crippen molar-refractivity contribution >= 4 is 40.7 Å². The number of halogens is 2. The zero-order valence-electron chi connectivity index (χ0n) is 11.1. The van der Waals surface area contributed by atoms with E-state index < -0.39 is 16.5 Å². The first-order chi connectivity index (χ1) is 9.85. The van der Waals surface area contributed by atoms with Crippen molar-refractivity contribution in [1.29, 1.82) is 0 Å². The molecule has 0 spiro atoms. The number of imide groups is 1. The molecule has 1 aliphatic heterocycles. The van der Waals surface area contributed by atoms with Gasteiger partial charge in [-0.05, 0) is 12.0 Å². The van der Waals surface area contributed by atoms with Crippen LogP contribution in [0, 0.1) is 16.0 Å². The number of hydrogen-bond acceptors (Lipinski definition) is 4. The maximum Gasteiger partial charge on any atom is 0.290 e. The minimum atomic E-state index is -0.717. The van der Waals surface area contributed by atoms with Crippen molar-refractivity contribution in [1.82, 2.24) is 4.90 Å². The first-order valence-electron chi connectivity index (χ1n) is 6.33. The Balaban J connectivity index is 2.36. The van der Waals surface area contributed by atoms with Crippen LogP contribution in [0.4, 0.5) is 5.69 Å². The molecule has 8 heteroatoms. The standard InChI is InChI=1S/C13H12Cl2N2O4/c1-2-7-3-11(18)16(6-7)13(19)8-4-9(14)12(15)10(5-8)17(20)21/h4-5,7H,2-3,6H2,1H3. The van der Waals surface area contributed by atoms with E-state index in [4.69, 9.17) is 23.2 Å². The molecule has 1 aliphatic rings. The lowest BCUT2D eigenvalue weighted by Gasteiger charge is -2.15. The molecular formula is C13H12Cl2N2O4. The molecule has 1 fully saturated rings. The van der Waals surface area contributed by atoms with Crippen LogP contribution in [0.2, 0.25) is 10.0 Å². The van der Waals surface area contributed by atoms with Gasteiger partial charge in [-0.2, -0.15) is 0 Å². The lowest BCUT2D eigenvalue weighted by Crippen LogP contribution is -2.32. The van der Waals surface area contributed by atoms with E-state index in [1.165, 1.54) is 6.07 Å². The molecule has 2 amide bonds. The summed E-state index contributed by atoms with van der Waals surface area (Å²) in [5.74, 6) is -0.739. The number of likely N-dealkylation sites (tertiary alicyclic amines) is 1. The van der Waals surface area contributed by atoms with Gasteiger partial charge in [-0.3, -0.25) is 24.6 Å². The van der Waals surface area contributed by atoms with Gasteiger partial charge in [0.15, 0.2) is 0 Å². The number of nitrogens with zero attached hydrogens (tertiary/aromatic N) is 2. The third-order valence-electron chi connectivity index (χ3n) is 3.48. The molecule has 2 rings (SSSR count). The van der Waals surface area contributed by atoms with Crippen molar-refractivity contribution < 1.29 is 14.5 Å². The maximum atomic E-state index is 12.3. The Morgan fingerprint density at radius 3 is 2.67 bits per heavy atom. The molecule has 0 aliphatic carbocycles. The van der Waals surface area contributed by atoms with E-state index in [9.17, 15) is 19.7 Å². The van der Waals surface area contributed by atoms with Crippen molar-refractivity contribution in [3.05, 3.63) is 37.9 Å².